The largest absolute Gasteiger partial charge is 0.466 e. The van der Waals surface area contributed by atoms with Crippen molar-refractivity contribution in [2.24, 2.45) is 17.8 Å². The van der Waals surface area contributed by atoms with Gasteiger partial charge in [0.05, 0.1) is 30.8 Å². The summed E-state index contributed by atoms with van der Waals surface area (Å²) in [5, 5.41) is 10.7. The van der Waals surface area contributed by atoms with E-state index in [0.717, 1.165) is 22.4 Å². The molecule has 1 spiro atoms. The van der Waals surface area contributed by atoms with Crippen LogP contribution in [0.4, 0.5) is 5.69 Å². The Kier molecular flexibility index (Phi) is 8.07. The number of aryl methyl sites for hydroxylation is 2. The maximum Gasteiger partial charge on any atom is 0.312 e. The standard InChI is InChI=1S/C34H42N2O6/c1-7-16-35(26-17-21(3)14-15-22(26)4)31(39)29-34-19-23(5)33(6,42-34)28(32(40)41-8-2)27(34)30(38)36(29)25(20-37)18-24-12-10-9-11-13-24/h7,9-15,17,23,25,27-29,37H,1,8,16,18-20H2,2-6H3/t23?,25-,27+,28+,29?,33-,34?/m1/s1. The quantitative estimate of drug-likeness (QED) is 0.341. The van der Waals surface area contributed by atoms with Crippen molar-refractivity contribution >= 4 is 23.5 Å². The highest BCUT2D eigenvalue weighted by molar-refractivity contribution is 6.05. The Hall–Kier alpha value is -3.49. The lowest BCUT2D eigenvalue weighted by Crippen LogP contribution is -2.59. The second kappa shape index (κ2) is 11.3. The van der Waals surface area contributed by atoms with Crippen LogP contribution >= 0.6 is 0 Å². The maximum absolute atomic E-state index is 15.0. The van der Waals surface area contributed by atoms with Gasteiger partial charge < -0.3 is 24.4 Å². The average molecular weight is 575 g/mol. The minimum absolute atomic E-state index is 0.110. The lowest BCUT2D eigenvalue weighted by molar-refractivity contribution is -0.162. The molecule has 0 radical (unpaired) electrons. The van der Waals surface area contributed by atoms with E-state index in [2.05, 4.69) is 6.58 Å². The van der Waals surface area contributed by atoms with Crippen LogP contribution in [0.15, 0.2) is 61.2 Å². The fraction of sp³-hybridized carbons (Fsp3) is 0.500. The molecule has 2 amide bonds. The van der Waals surface area contributed by atoms with Gasteiger partial charge in [0.15, 0.2) is 0 Å². The van der Waals surface area contributed by atoms with Crippen molar-refractivity contribution in [1.29, 1.82) is 0 Å². The van der Waals surface area contributed by atoms with E-state index in [1.54, 1.807) is 17.9 Å². The lowest BCUT2D eigenvalue weighted by Gasteiger charge is -2.40. The molecule has 0 aliphatic carbocycles. The van der Waals surface area contributed by atoms with E-state index >= 15 is 0 Å². The topological polar surface area (TPSA) is 96.4 Å². The number of amides is 2. The number of esters is 1. The van der Waals surface area contributed by atoms with E-state index in [9.17, 15) is 19.5 Å². The first-order chi connectivity index (χ1) is 20.0. The third kappa shape index (κ3) is 4.56. The Bertz CT molecular complexity index is 1380. The molecule has 2 bridgehead atoms. The van der Waals surface area contributed by atoms with Crippen molar-refractivity contribution in [2.75, 3.05) is 24.7 Å². The van der Waals surface area contributed by atoms with Crippen molar-refractivity contribution in [3.05, 3.63) is 77.9 Å². The van der Waals surface area contributed by atoms with Crippen molar-refractivity contribution in [1.82, 2.24) is 4.90 Å². The summed E-state index contributed by atoms with van der Waals surface area (Å²) >= 11 is 0. The first-order valence-corrected chi connectivity index (χ1v) is 14.9. The van der Waals surface area contributed by atoms with Crippen molar-refractivity contribution in [3.63, 3.8) is 0 Å². The fourth-order valence-corrected chi connectivity index (χ4v) is 7.67. The van der Waals surface area contributed by atoms with Gasteiger partial charge in [0.25, 0.3) is 5.91 Å². The van der Waals surface area contributed by atoms with Crippen LogP contribution in [0.3, 0.4) is 0 Å². The molecule has 0 aromatic heterocycles. The lowest BCUT2D eigenvalue weighted by atomic mass is 9.62. The Balaban J connectivity index is 1.67. The number of aliphatic hydroxyl groups excluding tert-OH is 1. The first-order valence-electron chi connectivity index (χ1n) is 14.9. The van der Waals surface area contributed by atoms with Crippen LogP contribution in [-0.2, 0) is 30.3 Å². The van der Waals surface area contributed by atoms with E-state index < -0.39 is 41.1 Å². The predicted octanol–water partition coefficient (Wildman–Crippen LogP) is 4.00. The number of anilines is 1. The smallest absolute Gasteiger partial charge is 0.312 e. The van der Waals surface area contributed by atoms with Crippen LogP contribution < -0.4 is 4.90 Å². The fourth-order valence-electron chi connectivity index (χ4n) is 7.67. The van der Waals surface area contributed by atoms with E-state index in [0.29, 0.717) is 12.8 Å². The number of nitrogens with zero attached hydrogens (tertiary/aromatic N) is 2. The number of hydrogen-bond donors (Lipinski definition) is 1. The molecule has 2 aromatic carbocycles. The molecule has 3 saturated heterocycles. The van der Waals surface area contributed by atoms with Crippen LogP contribution in [0, 0.1) is 31.6 Å². The summed E-state index contributed by atoms with van der Waals surface area (Å²) in [7, 11) is 0. The van der Waals surface area contributed by atoms with Gasteiger partial charge in [-0.05, 0) is 69.2 Å². The number of benzene rings is 2. The van der Waals surface area contributed by atoms with Gasteiger partial charge in [0.2, 0.25) is 5.91 Å². The molecule has 224 valence electrons. The molecule has 3 aliphatic rings. The SMILES string of the molecule is C=CCN(C(=O)C1N([C@@H](CO)Cc2ccccc2)C(=O)[C@@H]2[C@@H](C(=O)OCC)[C@]3(C)OC12CC3C)c1cc(C)ccc1C. The highest BCUT2D eigenvalue weighted by atomic mass is 16.6. The third-order valence-electron chi connectivity index (χ3n) is 9.68. The molecule has 3 aliphatic heterocycles. The van der Waals surface area contributed by atoms with Crippen LogP contribution in [0.25, 0.3) is 0 Å². The van der Waals surface area contributed by atoms with Gasteiger partial charge >= 0.3 is 5.97 Å². The second-order valence-electron chi connectivity index (χ2n) is 12.3. The summed E-state index contributed by atoms with van der Waals surface area (Å²) in [5.41, 5.74) is 1.34. The van der Waals surface area contributed by atoms with Crippen LogP contribution in [0.5, 0.6) is 0 Å². The maximum atomic E-state index is 15.0. The van der Waals surface area contributed by atoms with Crippen LogP contribution in [0.2, 0.25) is 0 Å². The summed E-state index contributed by atoms with van der Waals surface area (Å²) in [4.78, 5) is 46.3. The van der Waals surface area contributed by atoms with Gasteiger partial charge in [0, 0.05) is 12.2 Å². The number of ether oxygens (including phenoxy) is 2. The van der Waals surface area contributed by atoms with E-state index in [-0.39, 0.29) is 37.5 Å². The van der Waals surface area contributed by atoms with Gasteiger partial charge in [-0.15, -0.1) is 6.58 Å². The predicted molar refractivity (Wildman–Crippen MR) is 160 cm³/mol. The molecule has 2 aromatic rings. The zero-order chi connectivity index (χ0) is 30.4. The molecule has 5 rings (SSSR count). The number of rotatable bonds is 10. The molecule has 0 saturated carbocycles. The minimum atomic E-state index is -1.25. The molecule has 3 heterocycles. The molecular weight excluding hydrogens is 532 g/mol. The number of likely N-dealkylation sites (tertiary alicyclic amines) is 1. The number of aliphatic hydroxyl groups is 1. The second-order valence-corrected chi connectivity index (χ2v) is 12.3. The van der Waals surface area contributed by atoms with Gasteiger partial charge in [-0.1, -0.05) is 55.5 Å². The third-order valence-corrected chi connectivity index (χ3v) is 9.68. The van der Waals surface area contributed by atoms with Gasteiger partial charge in [-0.25, -0.2) is 0 Å². The van der Waals surface area contributed by atoms with Crippen LogP contribution in [-0.4, -0.2) is 70.8 Å². The average Bonchev–Trinajstić information content (AvgIpc) is 3.48. The van der Waals surface area contributed by atoms with Gasteiger partial charge in [-0.3, -0.25) is 14.4 Å². The monoisotopic (exact) mass is 574 g/mol. The van der Waals surface area contributed by atoms with E-state index in [1.807, 2.05) is 76.2 Å². The van der Waals surface area contributed by atoms with E-state index in [1.165, 1.54) is 4.90 Å². The number of carbonyl (C=O) groups excluding carboxylic acids is 3. The summed E-state index contributed by atoms with van der Waals surface area (Å²) < 4.78 is 12.3. The highest BCUT2D eigenvalue weighted by Crippen LogP contribution is 2.65. The summed E-state index contributed by atoms with van der Waals surface area (Å²) in [6, 6.07) is 13.7. The van der Waals surface area contributed by atoms with Crippen molar-refractivity contribution in [3.8, 4) is 0 Å². The number of fused-ring (bicyclic) bond motifs is 1. The molecule has 3 unspecified atom stereocenters. The molecule has 7 atom stereocenters. The van der Waals surface area contributed by atoms with Crippen LogP contribution in [0.1, 0.15) is 43.9 Å². The Morgan fingerprint density at radius 3 is 2.60 bits per heavy atom. The Morgan fingerprint density at radius 2 is 1.95 bits per heavy atom. The molecule has 42 heavy (non-hydrogen) atoms. The number of carbonyl (C=O) groups is 3. The summed E-state index contributed by atoms with van der Waals surface area (Å²) in [5.74, 6) is -3.02. The summed E-state index contributed by atoms with van der Waals surface area (Å²) in [6.07, 6.45) is 2.44. The highest BCUT2D eigenvalue weighted by Gasteiger charge is 2.80. The first kappa shape index (κ1) is 30.0. The molecule has 8 nitrogen and oxygen atoms in total. The molecule has 1 N–H and O–H groups in total. The Labute approximate surface area is 248 Å². The number of hydrogen-bond acceptors (Lipinski definition) is 6. The summed E-state index contributed by atoms with van der Waals surface area (Å²) in [6.45, 7) is 13.5. The molecular formula is C34H42N2O6. The van der Waals surface area contributed by atoms with E-state index in [4.69, 9.17) is 9.47 Å². The molecule has 3 fully saturated rings. The van der Waals surface area contributed by atoms with Crippen molar-refractivity contribution in [2.45, 2.75) is 70.7 Å². The molecule has 8 heteroatoms. The zero-order valence-electron chi connectivity index (χ0n) is 25.2. The Morgan fingerprint density at radius 1 is 1.24 bits per heavy atom. The van der Waals surface area contributed by atoms with Gasteiger partial charge in [-0.2, -0.15) is 0 Å². The van der Waals surface area contributed by atoms with Gasteiger partial charge in [0.1, 0.15) is 17.6 Å². The van der Waals surface area contributed by atoms with Crippen molar-refractivity contribution < 1.29 is 29.0 Å². The minimum Gasteiger partial charge on any atom is -0.466 e. The zero-order valence-corrected chi connectivity index (χ0v) is 25.2. The normalized spacial score (nSPS) is 30.2.